The summed E-state index contributed by atoms with van der Waals surface area (Å²) in [6.45, 7) is 3.19. The molecule has 0 aliphatic heterocycles. The molecule has 1 N–H and O–H groups in total. The highest BCUT2D eigenvalue weighted by Gasteiger charge is 2.29. The zero-order chi connectivity index (χ0) is 14.7. The first-order chi connectivity index (χ1) is 10.3. The summed E-state index contributed by atoms with van der Waals surface area (Å²) in [7, 11) is 2.00. The predicted octanol–water partition coefficient (Wildman–Crippen LogP) is 3.98. The normalized spacial score (nSPS) is 15.9. The van der Waals surface area contributed by atoms with Crippen molar-refractivity contribution in [2.24, 2.45) is 0 Å². The minimum atomic E-state index is 0.353. The van der Waals surface area contributed by atoms with Gasteiger partial charge in [0.25, 0.3) is 0 Å². The molecule has 1 saturated carbocycles. The second kappa shape index (κ2) is 6.58. The molecule has 21 heavy (non-hydrogen) atoms. The molecule has 2 heterocycles. The van der Waals surface area contributed by atoms with E-state index in [0.29, 0.717) is 12.1 Å². The van der Waals surface area contributed by atoms with Crippen LogP contribution in [0.2, 0.25) is 0 Å². The fourth-order valence-electron chi connectivity index (χ4n) is 2.72. The monoisotopic (exact) mass is 301 g/mol. The Kier molecular flexibility index (Phi) is 4.56. The van der Waals surface area contributed by atoms with Gasteiger partial charge in [-0.25, -0.2) is 0 Å². The number of hydrogen-bond donors (Lipinski definition) is 1. The molecule has 2 aromatic heterocycles. The van der Waals surface area contributed by atoms with E-state index in [1.807, 2.05) is 24.6 Å². The van der Waals surface area contributed by atoms with Crippen LogP contribution >= 0.6 is 11.3 Å². The Hall–Kier alpha value is -1.39. The molecule has 0 spiro atoms. The Morgan fingerprint density at radius 1 is 1.38 bits per heavy atom. The maximum Gasteiger partial charge on any atom is 0.0574 e. The van der Waals surface area contributed by atoms with E-state index in [1.54, 1.807) is 0 Å². The smallest absolute Gasteiger partial charge is 0.0574 e. The highest BCUT2D eigenvalue weighted by atomic mass is 32.1. The van der Waals surface area contributed by atoms with Crippen molar-refractivity contribution in [1.29, 1.82) is 0 Å². The maximum absolute atomic E-state index is 4.68. The summed E-state index contributed by atoms with van der Waals surface area (Å²) in [4.78, 5) is 8.61. The van der Waals surface area contributed by atoms with Gasteiger partial charge in [-0.05, 0) is 49.9 Å². The summed E-state index contributed by atoms with van der Waals surface area (Å²) in [5.74, 6) is 0. The van der Waals surface area contributed by atoms with Crippen LogP contribution in [0.4, 0.5) is 5.69 Å². The quantitative estimate of drug-likeness (QED) is 0.838. The number of nitrogens with zero attached hydrogens (tertiary/aromatic N) is 2. The van der Waals surface area contributed by atoms with Gasteiger partial charge in [0.2, 0.25) is 0 Å². The van der Waals surface area contributed by atoms with Crippen molar-refractivity contribution < 1.29 is 0 Å². The topological polar surface area (TPSA) is 28.2 Å². The molecule has 1 unspecified atom stereocenters. The van der Waals surface area contributed by atoms with E-state index in [9.17, 15) is 0 Å². The first-order valence-electron chi connectivity index (χ1n) is 7.74. The van der Waals surface area contributed by atoms with Gasteiger partial charge in [0, 0.05) is 17.0 Å². The first kappa shape index (κ1) is 14.5. The Labute approximate surface area is 131 Å². The van der Waals surface area contributed by atoms with Crippen molar-refractivity contribution in [1.82, 2.24) is 10.3 Å². The van der Waals surface area contributed by atoms with Crippen molar-refractivity contribution in [3.8, 4) is 0 Å². The highest BCUT2D eigenvalue weighted by molar-refractivity contribution is 7.09. The fraction of sp³-hybridized carbons (Fsp3) is 0.471. The molecule has 0 aromatic carbocycles. The second-order valence-electron chi connectivity index (χ2n) is 5.63. The van der Waals surface area contributed by atoms with E-state index in [4.69, 9.17) is 0 Å². The van der Waals surface area contributed by atoms with Crippen LogP contribution in [0.5, 0.6) is 0 Å². The summed E-state index contributed by atoms with van der Waals surface area (Å²) in [5, 5.41) is 5.47. The van der Waals surface area contributed by atoms with E-state index >= 15 is 0 Å². The molecule has 1 fully saturated rings. The number of anilines is 1. The Balaban J connectivity index is 1.76. The Bertz CT molecular complexity index is 542. The Morgan fingerprint density at radius 2 is 2.24 bits per heavy atom. The third kappa shape index (κ3) is 3.44. The van der Waals surface area contributed by atoms with Crippen LogP contribution in [0.25, 0.3) is 0 Å². The number of thiophene rings is 1. The van der Waals surface area contributed by atoms with Gasteiger partial charge in [0.1, 0.15) is 0 Å². The third-order valence-electron chi connectivity index (χ3n) is 4.11. The molecule has 3 rings (SSSR count). The molecule has 0 amide bonds. The van der Waals surface area contributed by atoms with Gasteiger partial charge >= 0.3 is 0 Å². The molecule has 0 bridgehead atoms. The second-order valence-corrected chi connectivity index (χ2v) is 6.66. The zero-order valence-corrected chi connectivity index (χ0v) is 13.6. The molecule has 3 nitrogen and oxygen atoms in total. The SMILES string of the molecule is CCC(NC)c1ccc(N(Cc2cccs2)C2CC2)cn1. The van der Waals surface area contributed by atoms with Crippen LogP contribution in [0.1, 0.15) is 42.8 Å². The van der Waals surface area contributed by atoms with Crippen LogP contribution in [0, 0.1) is 0 Å². The summed E-state index contributed by atoms with van der Waals surface area (Å²) < 4.78 is 0. The Morgan fingerprint density at radius 3 is 2.76 bits per heavy atom. The number of rotatable bonds is 7. The van der Waals surface area contributed by atoms with E-state index in [0.717, 1.165) is 18.7 Å². The molecule has 1 aliphatic carbocycles. The number of aromatic nitrogens is 1. The number of hydrogen-bond acceptors (Lipinski definition) is 4. The van der Waals surface area contributed by atoms with Gasteiger partial charge < -0.3 is 10.2 Å². The minimum absolute atomic E-state index is 0.353. The summed E-state index contributed by atoms with van der Waals surface area (Å²) in [5.41, 5.74) is 2.39. The van der Waals surface area contributed by atoms with Gasteiger partial charge in [-0.3, -0.25) is 4.98 Å². The summed E-state index contributed by atoms with van der Waals surface area (Å²) >= 11 is 1.83. The molecule has 112 valence electrons. The van der Waals surface area contributed by atoms with Gasteiger partial charge in [-0.15, -0.1) is 11.3 Å². The fourth-order valence-corrected chi connectivity index (χ4v) is 3.43. The molecule has 0 saturated heterocycles. The molecule has 0 radical (unpaired) electrons. The van der Waals surface area contributed by atoms with Gasteiger partial charge in [-0.2, -0.15) is 0 Å². The average molecular weight is 301 g/mol. The van der Waals surface area contributed by atoms with Crippen molar-refractivity contribution in [2.45, 2.75) is 44.8 Å². The highest BCUT2D eigenvalue weighted by Crippen LogP contribution is 2.33. The van der Waals surface area contributed by atoms with E-state index in [2.05, 4.69) is 51.8 Å². The van der Waals surface area contributed by atoms with E-state index < -0.39 is 0 Å². The molecular formula is C17H23N3S. The van der Waals surface area contributed by atoms with Crippen LogP contribution in [-0.4, -0.2) is 18.1 Å². The lowest BCUT2D eigenvalue weighted by atomic mass is 10.1. The summed E-state index contributed by atoms with van der Waals surface area (Å²) in [6, 6.07) is 9.80. The first-order valence-corrected chi connectivity index (χ1v) is 8.62. The number of nitrogens with one attached hydrogen (secondary N) is 1. The zero-order valence-electron chi connectivity index (χ0n) is 12.7. The largest absolute Gasteiger partial charge is 0.362 e. The van der Waals surface area contributed by atoms with E-state index in [-0.39, 0.29) is 0 Å². The number of pyridine rings is 1. The van der Waals surface area contributed by atoms with Crippen molar-refractivity contribution in [2.75, 3.05) is 11.9 Å². The summed E-state index contributed by atoms with van der Waals surface area (Å²) in [6.07, 6.45) is 5.72. The van der Waals surface area contributed by atoms with Crippen LogP contribution in [0.15, 0.2) is 35.8 Å². The molecule has 4 heteroatoms. The van der Waals surface area contributed by atoms with Crippen molar-refractivity contribution in [3.05, 3.63) is 46.4 Å². The molecule has 1 atom stereocenters. The maximum atomic E-state index is 4.68. The molecule has 1 aliphatic rings. The lowest BCUT2D eigenvalue weighted by Crippen LogP contribution is -2.25. The van der Waals surface area contributed by atoms with Crippen LogP contribution < -0.4 is 10.2 Å². The van der Waals surface area contributed by atoms with E-state index in [1.165, 1.54) is 23.4 Å². The minimum Gasteiger partial charge on any atom is -0.362 e. The average Bonchev–Trinajstić information content (AvgIpc) is 3.23. The lowest BCUT2D eigenvalue weighted by molar-refractivity contribution is 0.561. The van der Waals surface area contributed by atoms with Gasteiger partial charge in [0.05, 0.1) is 24.1 Å². The van der Waals surface area contributed by atoms with Crippen LogP contribution in [-0.2, 0) is 6.54 Å². The molecular weight excluding hydrogens is 278 g/mol. The standard InChI is InChI=1S/C17H23N3S/c1-3-16(18-2)17-9-8-14(11-19-17)20(13-6-7-13)12-15-5-4-10-21-15/h4-5,8-11,13,16,18H,3,6-7,12H2,1-2H3. The lowest BCUT2D eigenvalue weighted by Gasteiger charge is -2.24. The van der Waals surface area contributed by atoms with Gasteiger partial charge in [-0.1, -0.05) is 13.0 Å². The van der Waals surface area contributed by atoms with Crippen molar-refractivity contribution in [3.63, 3.8) is 0 Å². The third-order valence-corrected chi connectivity index (χ3v) is 4.97. The van der Waals surface area contributed by atoms with Gasteiger partial charge in [0.15, 0.2) is 0 Å². The molecule has 2 aromatic rings. The van der Waals surface area contributed by atoms with Crippen LogP contribution in [0.3, 0.4) is 0 Å². The predicted molar refractivity (Wildman–Crippen MR) is 89.9 cm³/mol. The van der Waals surface area contributed by atoms with Crippen molar-refractivity contribution >= 4 is 17.0 Å².